The van der Waals surface area contributed by atoms with Crippen LogP contribution in [0, 0.1) is 6.92 Å². The number of aryl methyl sites for hydroxylation is 1. The lowest BCUT2D eigenvalue weighted by atomic mass is 10.1. The van der Waals surface area contributed by atoms with Crippen molar-refractivity contribution in [3.8, 4) is 0 Å². The molecule has 148 valence electrons. The van der Waals surface area contributed by atoms with Crippen molar-refractivity contribution in [1.29, 1.82) is 0 Å². The van der Waals surface area contributed by atoms with Gasteiger partial charge in [0.25, 0.3) is 0 Å². The number of hydrogen-bond acceptors (Lipinski definition) is 4. The molecule has 0 saturated carbocycles. The number of nitrogens with one attached hydrogen (secondary N) is 2. The summed E-state index contributed by atoms with van der Waals surface area (Å²) >= 11 is 1.76. The van der Waals surface area contributed by atoms with Gasteiger partial charge >= 0.3 is 0 Å². The third kappa shape index (κ3) is 6.73. The second-order valence-electron chi connectivity index (χ2n) is 6.66. The van der Waals surface area contributed by atoms with Gasteiger partial charge in [-0.1, -0.05) is 30.3 Å². The number of aromatic nitrogens is 1. The Hall–Kier alpha value is -1.19. The van der Waals surface area contributed by atoms with Crippen molar-refractivity contribution in [1.82, 2.24) is 20.5 Å². The molecule has 1 aromatic heterocycles. The number of rotatable bonds is 7. The van der Waals surface area contributed by atoms with Crippen LogP contribution in [0.4, 0.5) is 0 Å². The molecule has 0 aliphatic carbocycles. The normalized spacial score (nSPS) is 16.0. The Kier molecular flexibility index (Phi) is 9.50. The van der Waals surface area contributed by atoms with Gasteiger partial charge in [-0.3, -0.25) is 9.89 Å². The molecule has 1 aliphatic heterocycles. The predicted molar refractivity (Wildman–Crippen MR) is 125 cm³/mol. The first-order valence-electron chi connectivity index (χ1n) is 9.41. The highest BCUT2D eigenvalue weighted by Gasteiger charge is 2.23. The molecule has 7 heteroatoms. The SMILES string of the molecule is CN=C(NCCc1ncc(C)s1)NCC(c1ccccc1)N1CCCC1.I. The molecule has 1 aromatic carbocycles. The Morgan fingerprint density at radius 3 is 2.59 bits per heavy atom. The lowest BCUT2D eigenvalue weighted by Crippen LogP contribution is -2.43. The van der Waals surface area contributed by atoms with E-state index < -0.39 is 0 Å². The fraction of sp³-hybridized carbons (Fsp3) is 0.500. The van der Waals surface area contributed by atoms with Gasteiger partial charge in [0.15, 0.2) is 5.96 Å². The molecule has 1 aliphatic rings. The Balaban J connectivity index is 0.00000261. The number of guanidine groups is 1. The van der Waals surface area contributed by atoms with Crippen LogP contribution in [-0.2, 0) is 6.42 Å². The molecule has 0 amide bonds. The van der Waals surface area contributed by atoms with Crippen LogP contribution in [0.3, 0.4) is 0 Å². The predicted octanol–water partition coefficient (Wildman–Crippen LogP) is 3.61. The number of halogens is 1. The summed E-state index contributed by atoms with van der Waals surface area (Å²) in [4.78, 5) is 12.6. The number of nitrogens with zero attached hydrogens (tertiary/aromatic N) is 3. The van der Waals surface area contributed by atoms with E-state index >= 15 is 0 Å². The summed E-state index contributed by atoms with van der Waals surface area (Å²) in [5.41, 5.74) is 1.37. The Morgan fingerprint density at radius 1 is 1.22 bits per heavy atom. The zero-order chi connectivity index (χ0) is 18.2. The van der Waals surface area contributed by atoms with Gasteiger partial charge in [0, 0.05) is 37.6 Å². The van der Waals surface area contributed by atoms with Crippen LogP contribution in [0.25, 0.3) is 0 Å². The highest BCUT2D eigenvalue weighted by molar-refractivity contribution is 14.0. The van der Waals surface area contributed by atoms with Gasteiger partial charge in [-0.2, -0.15) is 0 Å². The molecular formula is C20H30IN5S. The Bertz CT molecular complexity index is 697. The Labute approximate surface area is 183 Å². The Morgan fingerprint density at radius 2 is 1.96 bits per heavy atom. The van der Waals surface area contributed by atoms with E-state index in [-0.39, 0.29) is 24.0 Å². The molecular weight excluding hydrogens is 469 g/mol. The summed E-state index contributed by atoms with van der Waals surface area (Å²) in [6.07, 6.45) is 5.45. The summed E-state index contributed by atoms with van der Waals surface area (Å²) in [6.45, 7) is 6.15. The molecule has 1 atom stereocenters. The number of likely N-dealkylation sites (tertiary alicyclic amines) is 1. The van der Waals surface area contributed by atoms with Crippen LogP contribution in [0.15, 0.2) is 41.5 Å². The van der Waals surface area contributed by atoms with E-state index in [4.69, 9.17) is 0 Å². The summed E-state index contributed by atoms with van der Waals surface area (Å²) in [5.74, 6) is 0.860. The lowest BCUT2D eigenvalue weighted by Gasteiger charge is -2.29. The van der Waals surface area contributed by atoms with Crippen LogP contribution in [0.5, 0.6) is 0 Å². The highest BCUT2D eigenvalue weighted by atomic mass is 127. The van der Waals surface area contributed by atoms with Crippen LogP contribution in [-0.4, -0.2) is 49.1 Å². The van der Waals surface area contributed by atoms with Crippen molar-refractivity contribution in [3.63, 3.8) is 0 Å². The summed E-state index contributed by atoms with van der Waals surface area (Å²) in [6, 6.07) is 11.2. The first kappa shape index (κ1) is 22.1. The molecule has 2 aromatic rings. The van der Waals surface area contributed by atoms with Crippen molar-refractivity contribution in [2.45, 2.75) is 32.2 Å². The fourth-order valence-corrected chi connectivity index (χ4v) is 4.19. The highest BCUT2D eigenvalue weighted by Crippen LogP contribution is 2.24. The van der Waals surface area contributed by atoms with Crippen LogP contribution in [0.1, 0.15) is 34.3 Å². The summed E-state index contributed by atoms with van der Waals surface area (Å²) in [5, 5.41) is 8.10. The van der Waals surface area contributed by atoms with Gasteiger partial charge in [-0.25, -0.2) is 4.98 Å². The molecule has 27 heavy (non-hydrogen) atoms. The molecule has 2 N–H and O–H groups in total. The zero-order valence-electron chi connectivity index (χ0n) is 16.1. The van der Waals surface area contributed by atoms with Gasteiger partial charge in [-0.15, -0.1) is 35.3 Å². The molecule has 1 fully saturated rings. The average Bonchev–Trinajstić information content (AvgIpc) is 3.33. The van der Waals surface area contributed by atoms with Crippen LogP contribution in [0.2, 0.25) is 0 Å². The summed E-state index contributed by atoms with van der Waals surface area (Å²) in [7, 11) is 1.83. The maximum absolute atomic E-state index is 4.42. The monoisotopic (exact) mass is 499 g/mol. The summed E-state index contributed by atoms with van der Waals surface area (Å²) < 4.78 is 0. The second kappa shape index (κ2) is 11.6. The van der Waals surface area contributed by atoms with Gasteiger partial charge in [0.05, 0.1) is 11.0 Å². The van der Waals surface area contributed by atoms with Crippen molar-refractivity contribution in [2.24, 2.45) is 4.99 Å². The van der Waals surface area contributed by atoms with E-state index in [9.17, 15) is 0 Å². The van der Waals surface area contributed by atoms with Gasteiger partial charge in [0.1, 0.15) is 0 Å². The minimum Gasteiger partial charge on any atom is -0.356 e. The van der Waals surface area contributed by atoms with E-state index in [0.717, 1.165) is 25.5 Å². The minimum absolute atomic E-state index is 0. The number of thiazole rings is 1. The molecule has 2 heterocycles. The van der Waals surface area contributed by atoms with Crippen molar-refractivity contribution < 1.29 is 0 Å². The third-order valence-electron chi connectivity index (χ3n) is 4.75. The van der Waals surface area contributed by atoms with Crippen LogP contribution >= 0.6 is 35.3 Å². The topological polar surface area (TPSA) is 52.6 Å². The van der Waals surface area contributed by atoms with E-state index in [2.05, 4.69) is 62.8 Å². The second-order valence-corrected chi connectivity index (χ2v) is 7.98. The maximum Gasteiger partial charge on any atom is 0.191 e. The van der Waals surface area contributed by atoms with Crippen LogP contribution < -0.4 is 10.6 Å². The quantitative estimate of drug-likeness (QED) is 0.347. The number of hydrogen-bond donors (Lipinski definition) is 2. The van der Waals surface area contributed by atoms with Gasteiger partial charge in [-0.05, 0) is 38.4 Å². The average molecular weight is 499 g/mol. The number of aliphatic imine (C=N–C) groups is 1. The standard InChI is InChI=1S/C20H29N5S.HI/c1-16-14-23-19(26-16)10-11-22-20(21-2)24-15-18(25-12-6-7-13-25)17-8-4-3-5-9-17;/h3-5,8-9,14,18H,6-7,10-13,15H2,1-2H3,(H2,21,22,24);1H. The fourth-order valence-electron chi connectivity index (χ4n) is 3.41. The van der Waals surface area contributed by atoms with Crippen molar-refractivity contribution in [3.05, 3.63) is 52.0 Å². The first-order valence-corrected chi connectivity index (χ1v) is 10.2. The van der Waals surface area contributed by atoms with E-state index in [0.29, 0.717) is 6.04 Å². The van der Waals surface area contributed by atoms with E-state index in [1.807, 2.05) is 13.2 Å². The van der Waals surface area contributed by atoms with Gasteiger partial charge < -0.3 is 10.6 Å². The minimum atomic E-state index is 0. The molecule has 1 saturated heterocycles. The molecule has 0 radical (unpaired) electrons. The lowest BCUT2D eigenvalue weighted by molar-refractivity contribution is 0.245. The maximum atomic E-state index is 4.42. The largest absolute Gasteiger partial charge is 0.356 e. The van der Waals surface area contributed by atoms with E-state index in [1.165, 1.54) is 41.4 Å². The van der Waals surface area contributed by atoms with Crippen molar-refractivity contribution >= 4 is 41.3 Å². The number of benzene rings is 1. The van der Waals surface area contributed by atoms with E-state index in [1.54, 1.807) is 11.3 Å². The molecule has 5 nitrogen and oxygen atoms in total. The molecule has 0 bridgehead atoms. The van der Waals surface area contributed by atoms with Gasteiger partial charge in [0.2, 0.25) is 0 Å². The molecule has 1 unspecified atom stereocenters. The van der Waals surface area contributed by atoms with Crippen molar-refractivity contribution in [2.75, 3.05) is 33.2 Å². The first-order chi connectivity index (χ1) is 12.8. The third-order valence-corrected chi connectivity index (χ3v) is 5.73. The smallest absolute Gasteiger partial charge is 0.191 e. The molecule has 3 rings (SSSR count). The molecule has 0 spiro atoms. The zero-order valence-corrected chi connectivity index (χ0v) is 19.3.